The van der Waals surface area contributed by atoms with Gasteiger partial charge in [-0.2, -0.15) is 0 Å². The van der Waals surface area contributed by atoms with Gasteiger partial charge in [-0.05, 0) is 25.3 Å². The highest BCUT2D eigenvalue weighted by atomic mass is 16.5. The van der Waals surface area contributed by atoms with Crippen LogP contribution in [0, 0.1) is 0 Å². The molecule has 1 fully saturated rings. The molecule has 1 aromatic rings. The summed E-state index contributed by atoms with van der Waals surface area (Å²) in [7, 11) is 1.57. The number of piperidine rings is 1. The van der Waals surface area contributed by atoms with Crippen molar-refractivity contribution in [2.45, 2.75) is 19.3 Å². The highest BCUT2D eigenvalue weighted by molar-refractivity contribution is 5.80. The molecule has 0 saturated carbocycles. The first-order valence-corrected chi connectivity index (χ1v) is 6.31. The number of rotatable bonds is 4. The summed E-state index contributed by atoms with van der Waals surface area (Å²) in [6.45, 7) is 2.10. The molecule has 0 unspecified atom stereocenters. The van der Waals surface area contributed by atoms with Gasteiger partial charge in [0.05, 0.1) is 13.7 Å². The Balaban J connectivity index is 1.84. The van der Waals surface area contributed by atoms with Crippen LogP contribution in [-0.4, -0.2) is 42.5 Å². The summed E-state index contributed by atoms with van der Waals surface area (Å²) in [5, 5.41) is 3.11. The molecule has 0 atom stereocenters. The number of carbonyl (C=O) groups excluding carboxylic acids is 1. The third-order valence-electron chi connectivity index (χ3n) is 3.10. The van der Waals surface area contributed by atoms with Crippen molar-refractivity contribution >= 4 is 11.6 Å². The molecule has 0 aliphatic carbocycles. The smallest absolute Gasteiger partial charge is 0.241 e. The Kier molecular flexibility index (Phi) is 4.39. The van der Waals surface area contributed by atoms with Gasteiger partial charge in [0.2, 0.25) is 11.8 Å². The van der Waals surface area contributed by atoms with E-state index in [1.807, 2.05) is 11.0 Å². The van der Waals surface area contributed by atoms with Gasteiger partial charge in [-0.25, -0.2) is 4.98 Å². The quantitative estimate of drug-likeness (QED) is 0.879. The largest absolute Gasteiger partial charge is 0.481 e. The predicted molar refractivity (Wildman–Crippen MR) is 69.7 cm³/mol. The Morgan fingerprint density at radius 2 is 2.22 bits per heavy atom. The van der Waals surface area contributed by atoms with Crippen LogP contribution in [0.4, 0.5) is 5.69 Å². The summed E-state index contributed by atoms with van der Waals surface area (Å²) < 4.78 is 5.03. The van der Waals surface area contributed by atoms with Crippen LogP contribution in [0.5, 0.6) is 5.88 Å². The van der Waals surface area contributed by atoms with Crippen molar-refractivity contribution in [2.75, 3.05) is 32.1 Å². The minimum absolute atomic E-state index is 0.158. The van der Waals surface area contributed by atoms with E-state index in [2.05, 4.69) is 10.3 Å². The fourth-order valence-corrected chi connectivity index (χ4v) is 2.06. The van der Waals surface area contributed by atoms with E-state index in [-0.39, 0.29) is 5.91 Å². The molecule has 1 amide bonds. The average molecular weight is 249 g/mol. The summed E-state index contributed by atoms with van der Waals surface area (Å²) in [6.07, 6.45) is 5.13. The Morgan fingerprint density at radius 1 is 1.44 bits per heavy atom. The van der Waals surface area contributed by atoms with Gasteiger partial charge >= 0.3 is 0 Å². The zero-order valence-corrected chi connectivity index (χ0v) is 10.7. The lowest BCUT2D eigenvalue weighted by atomic mass is 10.1. The molecule has 98 valence electrons. The fourth-order valence-electron chi connectivity index (χ4n) is 2.06. The maximum Gasteiger partial charge on any atom is 0.241 e. The number of methoxy groups -OCH3 is 1. The lowest BCUT2D eigenvalue weighted by molar-refractivity contribution is -0.130. The summed E-state index contributed by atoms with van der Waals surface area (Å²) in [5.74, 6) is 0.705. The molecule has 5 heteroatoms. The molecule has 1 aliphatic heterocycles. The minimum atomic E-state index is 0.158. The van der Waals surface area contributed by atoms with Crippen molar-refractivity contribution in [3.8, 4) is 5.88 Å². The third kappa shape index (κ3) is 3.35. The zero-order valence-electron chi connectivity index (χ0n) is 10.7. The van der Waals surface area contributed by atoms with Crippen molar-refractivity contribution in [1.29, 1.82) is 0 Å². The van der Waals surface area contributed by atoms with E-state index in [0.29, 0.717) is 12.4 Å². The van der Waals surface area contributed by atoms with E-state index in [0.717, 1.165) is 31.6 Å². The van der Waals surface area contributed by atoms with Gasteiger partial charge in [0.15, 0.2) is 0 Å². The molecule has 0 radical (unpaired) electrons. The second-order valence-electron chi connectivity index (χ2n) is 4.38. The standard InChI is InChI=1S/C13H19N3O2/c1-18-12-9-11(5-6-14-12)15-10-13(17)16-7-3-2-4-8-16/h5-6,9H,2-4,7-8,10H2,1H3,(H,14,15). The van der Waals surface area contributed by atoms with Crippen LogP contribution in [0.25, 0.3) is 0 Å². The molecule has 1 N–H and O–H groups in total. The van der Waals surface area contributed by atoms with Gasteiger partial charge in [0.1, 0.15) is 0 Å². The minimum Gasteiger partial charge on any atom is -0.481 e. The second-order valence-corrected chi connectivity index (χ2v) is 4.38. The number of carbonyl (C=O) groups is 1. The number of likely N-dealkylation sites (tertiary alicyclic amines) is 1. The van der Waals surface area contributed by atoms with Crippen LogP contribution in [0.15, 0.2) is 18.3 Å². The molecule has 2 heterocycles. The zero-order chi connectivity index (χ0) is 12.8. The average Bonchev–Trinajstić information content (AvgIpc) is 2.46. The molecule has 2 rings (SSSR count). The normalized spacial score (nSPS) is 15.3. The van der Waals surface area contributed by atoms with E-state index >= 15 is 0 Å². The summed E-state index contributed by atoms with van der Waals surface area (Å²) in [4.78, 5) is 17.9. The van der Waals surface area contributed by atoms with Crippen molar-refractivity contribution in [1.82, 2.24) is 9.88 Å². The number of pyridine rings is 1. The van der Waals surface area contributed by atoms with Crippen LogP contribution in [-0.2, 0) is 4.79 Å². The number of amides is 1. The summed E-state index contributed by atoms with van der Waals surface area (Å²) in [6, 6.07) is 3.61. The molecule has 0 aromatic carbocycles. The first-order chi connectivity index (χ1) is 8.79. The van der Waals surface area contributed by atoms with Crippen molar-refractivity contribution in [3.05, 3.63) is 18.3 Å². The lowest BCUT2D eigenvalue weighted by Crippen LogP contribution is -2.39. The predicted octanol–water partition coefficient (Wildman–Crippen LogP) is 1.51. The number of hydrogen-bond acceptors (Lipinski definition) is 4. The van der Waals surface area contributed by atoms with E-state index in [1.54, 1.807) is 19.4 Å². The first-order valence-electron chi connectivity index (χ1n) is 6.31. The molecule has 5 nitrogen and oxygen atoms in total. The highest BCUT2D eigenvalue weighted by Crippen LogP contribution is 2.13. The Labute approximate surface area is 107 Å². The SMILES string of the molecule is COc1cc(NCC(=O)N2CCCCC2)ccn1. The second kappa shape index (κ2) is 6.23. The van der Waals surface area contributed by atoms with E-state index in [1.165, 1.54) is 6.42 Å². The molecular formula is C13H19N3O2. The van der Waals surface area contributed by atoms with Crippen LogP contribution >= 0.6 is 0 Å². The third-order valence-corrected chi connectivity index (χ3v) is 3.10. The van der Waals surface area contributed by atoms with Gasteiger partial charge in [0.25, 0.3) is 0 Å². The summed E-state index contributed by atoms with van der Waals surface area (Å²) in [5.41, 5.74) is 0.854. The first kappa shape index (κ1) is 12.7. The van der Waals surface area contributed by atoms with Gasteiger partial charge in [0, 0.05) is 31.0 Å². The van der Waals surface area contributed by atoms with Gasteiger partial charge in [-0.1, -0.05) is 0 Å². The van der Waals surface area contributed by atoms with Crippen LogP contribution in [0.1, 0.15) is 19.3 Å². The lowest BCUT2D eigenvalue weighted by Gasteiger charge is -2.26. The summed E-state index contributed by atoms with van der Waals surface area (Å²) >= 11 is 0. The number of nitrogens with one attached hydrogen (secondary N) is 1. The molecule has 1 aromatic heterocycles. The highest BCUT2D eigenvalue weighted by Gasteiger charge is 2.15. The number of anilines is 1. The van der Waals surface area contributed by atoms with E-state index in [4.69, 9.17) is 4.74 Å². The molecule has 0 bridgehead atoms. The van der Waals surface area contributed by atoms with E-state index in [9.17, 15) is 4.79 Å². The maximum atomic E-state index is 11.9. The molecule has 1 saturated heterocycles. The van der Waals surface area contributed by atoms with Gasteiger partial charge < -0.3 is 15.0 Å². The fraction of sp³-hybridized carbons (Fsp3) is 0.538. The monoisotopic (exact) mass is 249 g/mol. The maximum absolute atomic E-state index is 11.9. The topological polar surface area (TPSA) is 54.5 Å². The Hall–Kier alpha value is -1.78. The molecule has 1 aliphatic rings. The van der Waals surface area contributed by atoms with E-state index < -0.39 is 0 Å². The molecule has 0 spiro atoms. The molecule has 18 heavy (non-hydrogen) atoms. The number of ether oxygens (including phenoxy) is 1. The van der Waals surface area contributed by atoms with Gasteiger partial charge in [-0.3, -0.25) is 4.79 Å². The van der Waals surface area contributed by atoms with Gasteiger partial charge in [-0.15, -0.1) is 0 Å². The van der Waals surface area contributed by atoms with Crippen molar-refractivity contribution in [2.24, 2.45) is 0 Å². The molecular weight excluding hydrogens is 230 g/mol. The number of nitrogens with zero attached hydrogens (tertiary/aromatic N) is 2. The van der Waals surface area contributed by atoms with Crippen molar-refractivity contribution < 1.29 is 9.53 Å². The van der Waals surface area contributed by atoms with Crippen LogP contribution < -0.4 is 10.1 Å². The van der Waals surface area contributed by atoms with Crippen LogP contribution in [0.2, 0.25) is 0 Å². The van der Waals surface area contributed by atoms with Crippen molar-refractivity contribution in [3.63, 3.8) is 0 Å². The Morgan fingerprint density at radius 3 is 2.94 bits per heavy atom. The Bertz CT molecular complexity index is 403. The number of aromatic nitrogens is 1. The number of hydrogen-bond donors (Lipinski definition) is 1. The van der Waals surface area contributed by atoms with Crippen LogP contribution in [0.3, 0.4) is 0 Å².